The number of amides is 3. The van der Waals surface area contributed by atoms with Gasteiger partial charge in [0.05, 0.1) is 22.7 Å². The summed E-state index contributed by atoms with van der Waals surface area (Å²) in [6.45, 7) is -0.389. The third-order valence-electron chi connectivity index (χ3n) is 3.12. The lowest BCUT2D eigenvalue weighted by atomic mass is 10.1. The van der Waals surface area contributed by atoms with E-state index in [2.05, 4.69) is 26.5 Å². The van der Waals surface area contributed by atoms with Gasteiger partial charge in [-0.3, -0.25) is 23.6 Å². The second-order valence-electron chi connectivity index (χ2n) is 5.42. The van der Waals surface area contributed by atoms with Crippen LogP contribution in [-0.2, 0) is 20.2 Å². The van der Waals surface area contributed by atoms with Crippen LogP contribution in [0.25, 0.3) is 0 Å². The molecule has 144 valence electrons. The van der Waals surface area contributed by atoms with Crippen LogP contribution in [0.1, 0.15) is 21.5 Å². The Labute approximate surface area is 162 Å². The standard InChI is InChI=1S/C18H16N4O5S/c19-16(24)10-21-17(25)11-28(27)22-18(26)14-6-13(8-20-9-14)5-4-12-2-1-3-15(23)7-12/h1-3,6-9,23,28H,10-11H2,(H2,19,24)(H,21,25). The van der Waals surface area contributed by atoms with Gasteiger partial charge in [-0.15, -0.1) is 0 Å². The summed E-state index contributed by atoms with van der Waals surface area (Å²) in [7, 11) is -2.50. The molecule has 1 atom stereocenters. The minimum Gasteiger partial charge on any atom is -0.508 e. The fourth-order valence-electron chi connectivity index (χ4n) is 1.91. The van der Waals surface area contributed by atoms with Crippen LogP contribution in [0.15, 0.2) is 47.1 Å². The Morgan fingerprint density at radius 1 is 1.18 bits per heavy atom. The maximum Gasteiger partial charge on any atom is 0.286 e. The predicted octanol–water partition coefficient (Wildman–Crippen LogP) is -0.407. The van der Waals surface area contributed by atoms with Gasteiger partial charge >= 0.3 is 0 Å². The van der Waals surface area contributed by atoms with Gasteiger partial charge in [-0.05, 0) is 24.3 Å². The number of benzene rings is 1. The van der Waals surface area contributed by atoms with Crippen molar-refractivity contribution in [3.63, 3.8) is 0 Å². The van der Waals surface area contributed by atoms with Crippen molar-refractivity contribution in [1.29, 1.82) is 0 Å². The van der Waals surface area contributed by atoms with Crippen LogP contribution < -0.4 is 11.1 Å². The first-order valence-electron chi connectivity index (χ1n) is 7.85. The Morgan fingerprint density at radius 3 is 2.64 bits per heavy atom. The van der Waals surface area contributed by atoms with E-state index in [-0.39, 0.29) is 17.9 Å². The molecule has 0 aliphatic rings. The van der Waals surface area contributed by atoms with Crippen LogP contribution in [0.3, 0.4) is 0 Å². The van der Waals surface area contributed by atoms with E-state index < -0.39 is 34.1 Å². The maximum absolute atomic E-state index is 12.1. The van der Waals surface area contributed by atoms with Gasteiger partial charge in [0, 0.05) is 23.5 Å². The molecule has 0 radical (unpaired) electrons. The van der Waals surface area contributed by atoms with Gasteiger partial charge in [0.25, 0.3) is 5.91 Å². The molecule has 0 fully saturated rings. The smallest absolute Gasteiger partial charge is 0.286 e. The fraction of sp³-hybridized carbons (Fsp3) is 0.111. The number of nitrogens with two attached hydrogens (primary N) is 1. The Hall–Kier alpha value is -3.71. The number of nitrogens with one attached hydrogen (secondary N) is 1. The first kappa shape index (κ1) is 20.6. The molecule has 1 unspecified atom stereocenters. The average molecular weight is 400 g/mol. The monoisotopic (exact) mass is 400 g/mol. The molecule has 0 bridgehead atoms. The van der Waals surface area contributed by atoms with Gasteiger partial charge in [-0.2, -0.15) is 4.36 Å². The van der Waals surface area contributed by atoms with Crippen molar-refractivity contribution < 1.29 is 23.7 Å². The number of aromatic nitrogens is 1. The second kappa shape index (κ2) is 9.84. The zero-order valence-corrected chi connectivity index (χ0v) is 15.3. The molecule has 9 nitrogen and oxygen atoms in total. The lowest BCUT2D eigenvalue weighted by molar-refractivity contribution is -0.123. The molecule has 0 aliphatic heterocycles. The van der Waals surface area contributed by atoms with Crippen LogP contribution >= 0.6 is 0 Å². The van der Waals surface area contributed by atoms with Gasteiger partial charge in [0.2, 0.25) is 11.8 Å². The number of rotatable bonds is 5. The summed E-state index contributed by atoms with van der Waals surface area (Å²) >= 11 is 0. The van der Waals surface area contributed by atoms with Gasteiger partial charge < -0.3 is 16.2 Å². The van der Waals surface area contributed by atoms with Crippen molar-refractivity contribution in [3.8, 4) is 17.6 Å². The lowest BCUT2D eigenvalue weighted by Crippen LogP contribution is -2.35. The molecule has 1 aromatic carbocycles. The second-order valence-corrected chi connectivity index (χ2v) is 6.64. The molecular formula is C18H16N4O5S. The molecule has 0 saturated heterocycles. The van der Waals surface area contributed by atoms with Crippen molar-refractivity contribution in [2.45, 2.75) is 0 Å². The van der Waals surface area contributed by atoms with Crippen molar-refractivity contribution in [1.82, 2.24) is 10.3 Å². The van der Waals surface area contributed by atoms with Crippen LogP contribution in [-0.4, -0.2) is 44.3 Å². The van der Waals surface area contributed by atoms with E-state index in [9.17, 15) is 23.7 Å². The number of primary amides is 1. The van der Waals surface area contributed by atoms with Gasteiger partial charge in [-0.1, -0.05) is 17.9 Å². The van der Waals surface area contributed by atoms with Crippen molar-refractivity contribution in [2.24, 2.45) is 10.1 Å². The Morgan fingerprint density at radius 2 is 1.93 bits per heavy atom. The molecule has 1 aromatic heterocycles. The molecule has 28 heavy (non-hydrogen) atoms. The Bertz CT molecular complexity index is 1060. The number of aromatic hydroxyl groups is 1. The van der Waals surface area contributed by atoms with E-state index in [1.165, 1.54) is 30.6 Å². The number of carbonyl (C=O) groups is 3. The SMILES string of the molecule is NC(=O)CNC(=O)C/[SH](=O)=N/C(=O)c1cncc(C#Cc2cccc(O)c2)c1. The quantitative estimate of drug-likeness (QED) is 0.396. The Kier molecular flexibility index (Phi) is 7.24. The summed E-state index contributed by atoms with van der Waals surface area (Å²) in [5.41, 5.74) is 5.93. The maximum atomic E-state index is 12.1. The van der Waals surface area contributed by atoms with E-state index in [0.29, 0.717) is 11.1 Å². The normalized spacial score (nSPS) is 11.1. The number of phenolic OH excluding ortho intramolecular Hbond substituents is 1. The number of carbonyl (C=O) groups excluding carboxylic acids is 3. The predicted molar refractivity (Wildman–Crippen MR) is 102 cm³/mol. The summed E-state index contributed by atoms with van der Waals surface area (Å²) in [5, 5.41) is 11.6. The number of pyridine rings is 1. The number of nitrogens with zero attached hydrogens (tertiary/aromatic N) is 2. The van der Waals surface area contributed by atoms with Crippen LogP contribution in [0.2, 0.25) is 0 Å². The van der Waals surface area contributed by atoms with Gasteiger partial charge in [0.1, 0.15) is 11.5 Å². The molecule has 2 rings (SSSR count). The van der Waals surface area contributed by atoms with Crippen molar-refractivity contribution in [2.75, 3.05) is 12.3 Å². The zero-order chi connectivity index (χ0) is 20.5. The molecule has 0 aliphatic carbocycles. The lowest BCUT2D eigenvalue weighted by Gasteiger charge is -1.99. The molecule has 0 spiro atoms. The summed E-state index contributed by atoms with van der Waals surface area (Å²) in [5.74, 6) is 2.89. The molecule has 3 amide bonds. The van der Waals surface area contributed by atoms with Crippen molar-refractivity contribution in [3.05, 3.63) is 59.4 Å². The number of thiol groups is 1. The molecule has 2 aromatic rings. The fourth-order valence-corrected chi connectivity index (χ4v) is 2.66. The van der Waals surface area contributed by atoms with E-state index in [1.807, 2.05) is 0 Å². The van der Waals surface area contributed by atoms with Gasteiger partial charge in [0.15, 0.2) is 0 Å². The number of phenols is 1. The van der Waals surface area contributed by atoms with E-state index >= 15 is 0 Å². The highest BCUT2D eigenvalue weighted by atomic mass is 32.2. The van der Waals surface area contributed by atoms with Crippen molar-refractivity contribution >= 4 is 28.3 Å². The molecular weight excluding hydrogens is 384 g/mol. The topological polar surface area (TPSA) is 152 Å². The zero-order valence-electron chi connectivity index (χ0n) is 14.5. The van der Waals surface area contributed by atoms with Crippen LogP contribution in [0.4, 0.5) is 0 Å². The average Bonchev–Trinajstić information content (AvgIpc) is 2.65. The first-order valence-corrected chi connectivity index (χ1v) is 9.25. The summed E-state index contributed by atoms with van der Waals surface area (Å²) < 4.78 is 15.3. The highest BCUT2D eigenvalue weighted by molar-refractivity contribution is 7.76. The minimum atomic E-state index is -2.50. The highest BCUT2D eigenvalue weighted by Crippen LogP contribution is 2.10. The largest absolute Gasteiger partial charge is 0.508 e. The van der Waals surface area contributed by atoms with E-state index in [4.69, 9.17) is 5.73 Å². The molecule has 0 saturated carbocycles. The highest BCUT2D eigenvalue weighted by Gasteiger charge is 2.08. The van der Waals surface area contributed by atoms with Crippen LogP contribution in [0, 0.1) is 11.8 Å². The summed E-state index contributed by atoms with van der Waals surface area (Å²) in [6, 6.07) is 7.78. The van der Waals surface area contributed by atoms with Gasteiger partial charge in [-0.25, -0.2) is 0 Å². The molecule has 1 heterocycles. The van der Waals surface area contributed by atoms with Crippen LogP contribution in [0.5, 0.6) is 5.75 Å². The summed E-state index contributed by atoms with van der Waals surface area (Å²) in [4.78, 5) is 38.0. The first-order chi connectivity index (χ1) is 13.3. The summed E-state index contributed by atoms with van der Waals surface area (Å²) in [6.07, 6.45) is 2.67. The third kappa shape index (κ3) is 6.89. The molecule has 10 heteroatoms. The molecule has 4 N–H and O–H groups in total. The van der Waals surface area contributed by atoms with E-state index in [0.717, 1.165) is 0 Å². The van der Waals surface area contributed by atoms with E-state index in [1.54, 1.807) is 12.1 Å². The number of hydrogen-bond donors (Lipinski definition) is 4. The minimum absolute atomic E-state index is 0.0589. The third-order valence-corrected chi connectivity index (χ3v) is 4.09. The Balaban J connectivity index is 2.08. The number of hydrogen-bond acceptors (Lipinski definition) is 6.